The van der Waals surface area contributed by atoms with Gasteiger partial charge in [0.15, 0.2) is 0 Å². The number of nitrogens with zero attached hydrogens (tertiary/aromatic N) is 2. The highest BCUT2D eigenvalue weighted by Gasteiger charge is 2.26. The van der Waals surface area contributed by atoms with E-state index in [-0.39, 0.29) is 22.9 Å². The predicted octanol–water partition coefficient (Wildman–Crippen LogP) is 3.07. The predicted molar refractivity (Wildman–Crippen MR) is 126 cm³/mol. The molecule has 0 unspecified atom stereocenters. The van der Waals surface area contributed by atoms with Crippen molar-refractivity contribution in [3.8, 4) is 0 Å². The maximum atomic E-state index is 12.8. The van der Waals surface area contributed by atoms with Gasteiger partial charge < -0.3 is 4.74 Å². The van der Waals surface area contributed by atoms with E-state index < -0.39 is 20.0 Å². The summed E-state index contributed by atoms with van der Waals surface area (Å²) in [5, 5.41) is 0. The molecule has 1 aliphatic heterocycles. The second-order valence-corrected chi connectivity index (χ2v) is 10.9. The third-order valence-corrected chi connectivity index (χ3v) is 8.33. The van der Waals surface area contributed by atoms with Gasteiger partial charge in [-0.2, -0.15) is 4.31 Å². The SMILES string of the molecule is O=S(=O)(Nc1cccc(/C=C/c2ccccn2)c1)c1ccc(S(=O)(=O)N2CCOCC2)cc1. The first kappa shape index (κ1) is 23.1. The number of benzene rings is 2. The Morgan fingerprint density at radius 3 is 2.27 bits per heavy atom. The zero-order chi connectivity index (χ0) is 23.3. The van der Waals surface area contributed by atoms with E-state index in [1.54, 1.807) is 24.4 Å². The monoisotopic (exact) mass is 485 g/mol. The van der Waals surface area contributed by atoms with Crippen LogP contribution in [0.3, 0.4) is 0 Å². The molecule has 0 bridgehead atoms. The van der Waals surface area contributed by atoms with Crippen LogP contribution in [-0.4, -0.2) is 52.4 Å². The maximum Gasteiger partial charge on any atom is 0.261 e. The molecule has 2 aromatic carbocycles. The molecular formula is C23H23N3O5S2. The van der Waals surface area contributed by atoms with Crippen molar-refractivity contribution >= 4 is 37.9 Å². The minimum absolute atomic E-state index is 0.0298. The number of hydrogen-bond acceptors (Lipinski definition) is 6. The van der Waals surface area contributed by atoms with Gasteiger partial charge >= 0.3 is 0 Å². The molecule has 0 saturated carbocycles. The zero-order valence-electron chi connectivity index (χ0n) is 17.7. The first-order valence-corrected chi connectivity index (χ1v) is 13.2. The van der Waals surface area contributed by atoms with Gasteiger partial charge in [-0.15, -0.1) is 0 Å². The van der Waals surface area contributed by atoms with Gasteiger partial charge in [0.1, 0.15) is 0 Å². The first-order chi connectivity index (χ1) is 15.8. The molecule has 0 aliphatic carbocycles. The number of hydrogen-bond donors (Lipinski definition) is 1. The standard InChI is InChI=1S/C23H23N3O5S2/c27-32(28,22-9-11-23(12-10-22)33(29,30)26-14-16-31-17-15-26)25-21-6-3-4-19(18-21)7-8-20-5-1-2-13-24-20/h1-13,18,25H,14-17H2/b8-7+. The van der Waals surface area contributed by atoms with E-state index in [0.29, 0.717) is 18.9 Å². The van der Waals surface area contributed by atoms with E-state index >= 15 is 0 Å². The van der Waals surface area contributed by atoms with E-state index in [2.05, 4.69) is 9.71 Å². The normalized spacial score (nSPS) is 15.5. The molecule has 172 valence electrons. The van der Waals surface area contributed by atoms with E-state index in [0.717, 1.165) is 11.3 Å². The minimum atomic E-state index is -3.90. The third kappa shape index (κ3) is 5.66. The Hall–Kier alpha value is -3.05. The molecule has 1 saturated heterocycles. The molecule has 2 heterocycles. The van der Waals surface area contributed by atoms with E-state index in [4.69, 9.17) is 4.74 Å². The molecule has 8 nitrogen and oxygen atoms in total. The highest BCUT2D eigenvalue weighted by Crippen LogP contribution is 2.22. The summed E-state index contributed by atoms with van der Waals surface area (Å²) in [5.74, 6) is 0. The molecule has 10 heteroatoms. The maximum absolute atomic E-state index is 12.8. The fourth-order valence-electron chi connectivity index (χ4n) is 3.30. The summed E-state index contributed by atoms with van der Waals surface area (Å²) in [4.78, 5) is 4.24. The summed E-state index contributed by atoms with van der Waals surface area (Å²) >= 11 is 0. The van der Waals surface area contributed by atoms with Gasteiger partial charge in [0.05, 0.1) is 28.7 Å². The molecule has 1 N–H and O–H groups in total. The van der Waals surface area contributed by atoms with Gasteiger partial charge in [-0.3, -0.25) is 9.71 Å². The summed E-state index contributed by atoms with van der Waals surface area (Å²) in [6.45, 7) is 1.22. The van der Waals surface area contributed by atoms with Gasteiger partial charge in [0.2, 0.25) is 10.0 Å². The van der Waals surface area contributed by atoms with Crippen molar-refractivity contribution in [1.29, 1.82) is 0 Å². The number of sulfonamides is 2. The van der Waals surface area contributed by atoms with Crippen LogP contribution < -0.4 is 4.72 Å². The van der Waals surface area contributed by atoms with Gasteiger partial charge in [0, 0.05) is 25.0 Å². The van der Waals surface area contributed by atoms with Crippen LogP contribution in [0.15, 0.2) is 82.7 Å². The summed E-state index contributed by atoms with van der Waals surface area (Å²) in [7, 11) is -7.59. The van der Waals surface area contributed by atoms with Crippen molar-refractivity contribution < 1.29 is 21.6 Å². The summed E-state index contributed by atoms with van der Waals surface area (Å²) in [5.41, 5.74) is 1.98. The zero-order valence-corrected chi connectivity index (χ0v) is 19.3. The van der Waals surface area contributed by atoms with Crippen LogP contribution in [0.4, 0.5) is 5.69 Å². The van der Waals surface area contributed by atoms with Gasteiger partial charge in [-0.25, -0.2) is 16.8 Å². The minimum Gasteiger partial charge on any atom is -0.379 e. The van der Waals surface area contributed by atoms with Crippen molar-refractivity contribution in [3.05, 3.63) is 84.2 Å². The molecule has 3 aromatic rings. The molecule has 0 radical (unpaired) electrons. The van der Waals surface area contributed by atoms with Gasteiger partial charge in [-0.1, -0.05) is 24.3 Å². The van der Waals surface area contributed by atoms with Crippen molar-refractivity contribution in [2.45, 2.75) is 9.79 Å². The quantitative estimate of drug-likeness (QED) is 0.551. The molecule has 0 amide bonds. The van der Waals surface area contributed by atoms with Crippen molar-refractivity contribution in [3.63, 3.8) is 0 Å². The summed E-state index contributed by atoms with van der Waals surface area (Å²) in [6.07, 6.45) is 5.37. The number of anilines is 1. The van der Waals surface area contributed by atoms with Crippen LogP contribution in [0.2, 0.25) is 0 Å². The van der Waals surface area contributed by atoms with E-state index in [1.165, 1.54) is 28.6 Å². The van der Waals surface area contributed by atoms with Gasteiger partial charge in [-0.05, 0) is 60.2 Å². The molecule has 4 rings (SSSR count). The second kappa shape index (κ2) is 9.84. The Morgan fingerprint density at radius 1 is 0.848 bits per heavy atom. The lowest BCUT2D eigenvalue weighted by atomic mass is 10.2. The van der Waals surface area contributed by atoms with Crippen LogP contribution in [0.1, 0.15) is 11.3 Å². The lowest BCUT2D eigenvalue weighted by Gasteiger charge is -2.26. The molecule has 0 spiro atoms. The Balaban J connectivity index is 1.49. The lowest BCUT2D eigenvalue weighted by Crippen LogP contribution is -2.40. The summed E-state index contributed by atoms with van der Waals surface area (Å²) in [6, 6.07) is 17.7. The van der Waals surface area contributed by atoms with Crippen LogP contribution in [-0.2, 0) is 24.8 Å². The largest absolute Gasteiger partial charge is 0.379 e. The molecule has 1 aliphatic rings. The fraction of sp³-hybridized carbons (Fsp3) is 0.174. The topological polar surface area (TPSA) is 106 Å². The van der Waals surface area contributed by atoms with Crippen LogP contribution in [0, 0.1) is 0 Å². The second-order valence-electron chi connectivity index (χ2n) is 7.31. The number of nitrogens with one attached hydrogen (secondary N) is 1. The lowest BCUT2D eigenvalue weighted by molar-refractivity contribution is 0.0730. The third-order valence-electron chi connectivity index (χ3n) is 5.02. The van der Waals surface area contributed by atoms with Crippen molar-refractivity contribution in [2.75, 3.05) is 31.0 Å². The summed E-state index contributed by atoms with van der Waals surface area (Å²) < 4.78 is 60.2. The number of pyridine rings is 1. The van der Waals surface area contributed by atoms with Crippen molar-refractivity contribution in [1.82, 2.24) is 9.29 Å². The molecule has 1 aromatic heterocycles. The van der Waals surface area contributed by atoms with Crippen LogP contribution in [0.5, 0.6) is 0 Å². The Kier molecular flexibility index (Phi) is 6.89. The van der Waals surface area contributed by atoms with E-state index in [9.17, 15) is 16.8 Å². The highest BCUT2D eigenvalue weighted by atomic mass is 32.2. The van der Waals surface area contributed by atoms with E-state index in [1.807, 2.05) is 36.4 Å². The van der Waals surface area contributed by atoms with Crippen LogP contribution >= 0.6 is 0 Å². The highest BCUT2D eigenvalue weighted by molar-refractivity contribution is 7.92. The van der Waals surface area contributed by atoms with Crippen molar-refractivity contribution in [2.24, 2.45) is 0 Å². The Labute approximate surface area is 193 Å². The Bertz CT molecular complexity index is 1330. The van der Waals surface area contributed by atoms with Gasteiger partial charge in [0.25, 0.3) is 10.0 Å². The number of aromatic nitrogens is 1. The molecular weight excluding hydrogens is 462 g/mol. The average Bonchev–Trinajstić information content (AvgIpc) is 2.84. The number of morpholine rings is 1. The fourth-order valence-corrected chi connectivity index (χ4v) is 5.76. The van der Waals surface area contributed by atoms with Crippen LogP contribution in [0.25, 0.3) is 12.2 Å². The average molecular weight is 486 g/mol. The number of rotatable bonds is 7. The molecule has 1 fully saturated rings. The molecule has 0 atom stereocenters. The Morgan fingerprint density at radius 2 is 1.58 bits per heavy atom. The first-order valence-electron chi connectivity index (χ1n) is 10.2. The smallest absolute Gasteiger partial charge is 0.261 e. The number of ether oxygens (including phenoxy) is 1. The molecule has 33 heavy (non-hydrogen) atoms.